The molecule has 0 aliphatic rings. The highest BCUT2D eigenvalue weighted by molar-refractivity contribution is 6.01. The fraction of sp³-hybridized carbons (Fsp3) is 0.176. The number of phenols is 1. The van der Waals surface area contributed by atoms with E-state index in [0.29, 0.717) is 0 Å². The summed E-state index contributed by atoms with van der Waals surface area (Å²) in [6.45, 7) is 3.19. The molecule has 0 bridgehead atoms. The van der Waals surface area contributed by atoms with Gasteiger partial charge in [-0.05, 0) is 50.2 Å². The van der Waals surface area contributed by atoms with Crippen molar-refractivity contribution in [1.82, 2.24) is 0 Å². The molecular formula is C17H15FO4. The number of benzene rings is 2. The number of phenolic OH excluding ortho intramolecular Hbond substituents is 1. The van der Waals surface area contributed by atoms with Crippen LogP contribution in [0.3, 0.4) is 0 Å². The molecule has 0 amide bonds. The van der Waals surface area contributed by atoms with Crippen molar-refractivity contribution in [2.45, 2.75) is 20.0 Å². The number of ketones is 1. The number of aromatic hydroxyl groups is 1. The summed E-state index contributed by atoms with van der Waals surface area (Å²) < 4.78 is 17.9. The lowest BCUT2D eigenvalue weighted by Crippen LogP contribution is -2.24. The number of carbonyl (C=O) groups is 2. The molecule has 0 aliphatic carbocycles. The molecule has 1 N–H and O–H groups in total. The van der Waals surface area contributed by atoms with Crippen molar-refractivity contribution < 1.29 is 23.8 Å². The molecule has 0 unspecified atom stereocenters. The molecule has 2 aromatic carbocycles. The predicted molar refractivity (Wildman–Crippen MR) is 78.5 cm³/mol. The van der Waals surface area contributed by atoms with E-state index in [2.05, 4.69) is 0 Å². The molecule has 0 radical (unpaired) electrons. The minimum Gasteiger partial charge on any atom is -0.507 e. The Morgan fingerprint density at radius 1 is 1.14 bits per heavy atom. The quantitative estimate of drug-likeness (QED) is 0.695. The van der Waals surface area contributed by atoms with Gasteiger partial charge in [0.2, 0.25) is 5.78 Å². The number of esters is 1. The highest BCUT2D eigenvalue weighted by Crippen LogP contribution is 2.20. The molecule has 5 heteroatoms. The lowest BCUT2D eigenvalue weighted by Gasteiger charge is -2.13. The third-order valence-electron chi connectivity index (χ3n) is 3.15. The van der Waals surface area contributed by atoms with E-state index in [9.17, 15) is 19.1 Å². The normalized spacial score (nSPS) is 11.8. The van der Waals surface area contributed by atoms with E-state index in [4.69, 9.17) is 4.74 Å². The molecule has 0 fully saturated rings. The molecule has 0 saturated heterocycles. The van der Waals surface area contributed by atoms with Crippen LogP contribution >= 0.6 is 0 Å². The summed E-state index contributed by atoms with van der Waals surface area (Å²) in [5.74, 6) is -1.90. The van der Waals surface area contributed by atoms with Crippen LogP contribution in [-0.4, -0.2) is 23.0 Å². The van der Waals surface area contributed by atoms with E-state index in [1.807, 2.05) is 0 Å². The van der Waals surface area contributed by atoms with Gasteiger partial charge in [-0.3, -0.25) is 4.79 Å². The SMILES string of the molecule is Cc1ccc(O)c(C(=O)O[C@H](C)C(=O)c2ccc(F)cc2)c1. The zero-order valence-corrected chi connectivity index (χ0v) is 12.2. The Morgan fingerprint density at radius 3 is 2.41 bits per heavy atom. The first-order valence-corrected chi connectivity index (χ1v) is 6.69. The monoisotopic (exact) mass is 302 g/mol. The Kier molecular flexibility index (Phi) is 4.56. The highest BCUT2D eigenvalue weighted by Gasteiger charge is 2.22. The molecule has 22 heavy (non-hydrogen) atoms. The second-order valence-electron chi connectivity index (χ2n) is 4.94. The van der Waals surface area contributed by atoms with Gasteiger partial charge in [-0.2, -0.15) is 0 Å². The molecule has 114 valence electrons. The maximum absolute atomic E-state index is 12.8. The van der Waals surface area contributed by atoms with Crippen LogP contribution in [0.2, 0.25) is 0 Å². The summed E-state index contributed by atoms with van der Waals surface area (Å²) in [6.07, 6.45) is -1.04. The van der Waals surface area contributed by atoms with Crippen molar-refractivity contribution in [2.24, 2.45) is 0 Å². The zero-order valence-electron chi connectivity index (χ0n) is 12.2. The smallest absolute Gasteiger partial charge is 0.342 e. The highest BCUT2D eigenvalue weighted by atomic mass is 19.1. The van der Waals surface area contributed by atoms with E-state index >= 15 is 0 Å². The van der Waals surface area contributed by atoms with Gasteiger partial charge in [0, 0.05) is 5.56 Å². The third-order valence-corrected chi connectivity index (χ3v) is 3.15. The van der Waals surface area contributed by atoms with Crippen LogP contribution in [0.4, 0.5) is 4.39 Å². The first kappa shape index (κ1) is 15.7. The Labute approximate surface area is 127 Å². The Hall–Kier alpha value is -2.69. The lowest BCUT2D eigenvalue weighted by atomic mass is 10.1. The number of rotatable bonds is 4. The van der Waals surface area contributed by atoms with Crippen LogP contribution in [-0.2, 0) is 4.74 Å². The Morgan fingerprint density at radius 2 is 1.77 bits per heavy atom. The van der Waals surface area contributed by atoms with Crippen molar-refractivity contribution in [3.8, 4) is 5.75 Å². The first-order chi connectivity index (χ1) is 10.4. The number of carbonyl (C=O) groups excluding carboxylic acids is 2. The van der Waals surface area contributed by atoms with Crippen molar-refractivity contribution in [2.75, 3.05) is 0 Å². The van der Waals surface area contributed by atoms with Gasteiger partial charge in [0.1, 0.15) is 17.1 Å². The van der Waals surface area contributed by atoms with Crippen LogP contribution in [0.15, 0.2) is 42.5 Å². The third kappa shape index (κ3) is 3.49. The second-order valence-corrected chi connectivity index (χ2v) is 4.94. The van der Waals surface area contributed by atoms with Crippen LogP contribution in [0.25, 0.3) is 0 Å². The van der Waals surface area contributed by atoms with Crippen LogP contribution in [0.5, 0.6) is 5.75 Å². The van der Waals surface area contributed by atoms with Gasteiger partial charge in [-0.15, -0.1) is 0 Å². The lowest BCUT2D eigenvalue weighted by molar-refractivity contribution is 0.0316. The van der Waals surface area contributed by atoms with Gasteiger partial charge in [0.25, 0.3) is 0 Å². The summed E-state index contributed by atoms with van der Waals surface area (Å²) in [7, 11) is 0. The van der Waals surface area contributed by atoms with Crippen LogP contribution < -0.4 is 0 Å². The molecule has 0 aliphatic heterocycles. The standard InChI is InChI=1S/C17H15FO4/c1-10-3-8-15(19)14(9-10)17(21)22-11(2)16(20)12-4-6-13(18)7-5-12/h3-9,11,19H,1-2H3/t11-/m1/s1. The maximum atomic E-state index is 12.8. The van der Waals surface area contributed by atoms with E-state index in [1.165, 1.54) is 31.2 Å². The molecule has 0 aromatic heterocycles. The summed E-state index contributed by atoms with van der Waals surface area (Å²) in [5.41, 5.74) is 1.02. The van der Waals surface area contributed by atoms with E-state index in [1.54, 1.807) is 13.0 Å². The average molecular weight is 302 g/mol. The Balaban J connectivity index is 2.12. The van der Waals surface area contributed by atoms with Crippen LogP contribution in [0, 0.1) is 12.7 Å². The predicted octanol–water partition coefficient (Wildman–Crippen LogP) is 3.27. The molecule has 0 saturated carbocycles. The van der Waals surface area contributed by atoms with Crippen molar-refractivity contribution in [3.05, 3.63) is 65.0 Å². The molecule has 4 nitrogen and oxygen atoms in total. The summed E-state index contributed by atoms with van der Waals surface area (Å²) in [4.78, 5) is 24.1. The average Bonchev–Trinajstić information content (AvgIpc) is 2.49. The number of ether oxygens (including phenoxy) is 1. The molecular weight excluding hydrogens is 287 g/mol. The van der Waals surface area contributed by atoms with Crippen molar-refractivity contribution in [1.29, 1.82) is 0 Å². The summed E-state index contributed by atoms with van der Waals surface area (Å²) >= 11 is 0. The number of hydrogen-bond acceptors (Lipinski definition) is 4. The van der Waals surface area contributed by atoms with Gasteiger partial charge in [-0.1, -0.05) is 11.6 Å². The van der Waals surface area contributed by atoms with E-state index in [-0.39, 0.29) is 16.9 Å². The number of hydrogen-bond donors (Lipinski definition) is 1. The maximum Gasteiger partial charge on any atom is 0.342 e. The summed E-state index contributed by atoms with van der Waals surface area (Å²) in [5, 5.41) is 9.68. The van der Waals surface area contributed by atoms with Crippen LogP contribution in [0.1, 0.15) is 33.2 Å². The number of Topliss-reactive ketones (excluding diaryl/α,β-unsaturated/α-hetero) is 1. The van der Waals surface area contributed by atoms with Crippen molar-refractivity contribution in [3.63, 3.8) is 0 Å². The fourth-order valence-electron chi connectivity index (χ4n) is 1.94. The Bertz CT molecular complexity index is 707. The van der Waals surface area contributed by atoms with Gasteiger partial charge < -0.3 is 9.84 Å². The first-order valence-electron chi connectivity index (χ1n) is 6.69. The van der Waals surface area contributed by atoms with Gasteiger partial charge in [0.15, 0.2) is 6.10 Å². The minimum atomic E-state index is -1.04. The molecule has 1 atom stereocenters. The topological polar surface area (TPSA) is 63.6 Å². The minimum absolute atomic E-state index is 0.00115. The number of aryl methyl sites for hydroxylation is 1. The molecule has 0 heterocycles. The molecule has 2 rings (SSSR count). The van der Waals surface area contributed by atoms with E-state index in [0.717, 1.165) is 17.7 Å². The fourth-order valence-corrected chi connectivity index (χ4v) is 1.94. The van der Waals surface area contributed by atoms with E-state index < -0.39 is 23.7 Å². The largest absolute Gasteiger partial charge is 0.507 e. The van der Waals surface area contributed by atoms with Gasteiger partial charge in [0.05, 0.1) is 0 Å². The van der Waals surface area contributed by atoms with Crippen molar-refractivity contribution >= 4 is 11.8 Å². The molecule has 0 spiro atoms. The van der Waals surface area contributed by atoms with Gasteiger partial charge in [-0.25, -0.2) is 9.18 Å². The zero-order chi connectivity index (χ0) is 16.3. The molecule has 2 aromatic rings. The van der Waals surface area contributed by atoms with Gasteiger partial charge >= 0.3 is 5.97 Å². The number of halogens is 1. The summed E-state index contributed by atoms with van der Waals surface area (Å²) in [6, 6.07) is 9.49. The second kappa shape index (κ2) is 6.39.